The van der Waals surface area contributed by atoms with E-state index in [9.17, 15) is 9.59 Å². The molecule has 1 aliphatic rings. The molecule has 2 aromatic carbocycles. The number of carbonyl (C=O) groups excluding carboxylic acids is 2. The highest BCUT2D eigenvalue weighted by Crippen LogP contribution is 2.44. The highest BCUT2D eigenvalue weighted by atomic mass is 16.5. The third kappa shape index (κ3) is 2.16. The van der Waals surface area contributed by atoms with Crippen LogP contribution in [0, 0.1) is 0 Å². The number of carbonyl (C=O) groups is 2. The first-order valence-electron chi connectivity index (χ1n) is 8.16. The smallest absolute Gasteiger partial charge is 0.263 e. The van der Waals surface area contributed by atoms with Crippen molar-refractivity contribution in [2.75, 3.05) is 7.11 Å². The Morgan fingerprint density at radius 1 is 1.16 bits per heavy atom. The predicted octanol–water partition coefficient (Wildman–Crippen LogP) is 3.52. The van der Waals surface area contributed by atoms with E-state index in [1.807, 2.05) is 49.4 Å². The number of fused-ring (bicyclic) bond motifs is 5. The molecule has 5 heteroatoms. The molecule has 126 valence electrons. The molecule has 0 saturated carbocycles. The number of aromatic nitrogens is 1. The molecule has 1 amide bonds. The summed E-state index contributed by atoms with van der Waals surface area (Å²) in [7, 11) is 1.61. The van der Waals surface area contributed by atoms with Crippen molar-refractivity contribution in [3.8, 4) is 17.0 Å². The van der Waals surface area contributed by atoms with Crippen LogP contribution >= 0.6 is 0 Å². The van der Waals surface area contributed by atoms with Crippen molar-refractivity contribution in [3.63, 3.8) is 0 Å². The van der Waals surface area contributed by atoms with E-state index in [4.69, 9.17) is 4.74 Å². The molecule has 0 aliphatic carbocycles. The van der Waals surface area contributed by atoms with Crippen molar-refractivity contribution in [2.24, 2.45) is 0 Å². The van der Waals surface area contributed by atoms with Gasteiger partial charge in [0.05, 0.1) is 24.4 Å². The Labute approximate surface area is 145 Å². The molecule has 1 aromatic heterocycles. The summed E-state index contributed by atoms with van der Waals surface area (Å²) < 4.78 is 7.10. The molecular formula is C20H18N2O3. The number of hydrogen-bond acceptors (Lipinski definition) is 3. The van der Waals surface area contributed by atoms with Gasteiger partial charge in [0.1, 0.15) is 5.75 Å². The van der Waals surface area contributed by atoms with E-state index >= 15 is 0 Å². The second kappa shape index (κ2) is 5.48. The highest BCUT2D eigenvalue weighted by Gasteiger charge is 2.33. The monoisotopic (exact) mass is 334 g/mol. The summed E-state index contributed by atoms with van der Waals surface area (Å²) in [6, 6.07) is 13.0. The molecule has 1 unspecified atom stereocenters. The molecule has 1 N–H and O–H groups in total. The minimum absolute atomic E-state index is 0.0398. The lowest BCUT2D eigenvalue weighted by Crippen LogP contribution is -2.23. The van der Waals surface area contributed by atoms with Crippen LogP contribution in [-0.2, 0) is 4.79 Å². The van der Waals surface area contributed by atoms with Gasteiger partial charge in [-0.15, -0.1) is 0 Å². The minimum Gasteiger partial charge on any atom is -0.497 e. The molecule has 4 rings (SSSR count). The number of ether oxygens (including phenoxy) is 1. The number of nitrogens with one attached hydrogen (secondary N) is 1. The maximum Gasteiger partial charge on any atom is 0.263 e. The number of methoxy groups -OCH3 is 1. The lowest BCUT2D eigenvalue weighted by atomic mass is 9.98. The number of amides is 1. The van der Waals surface area contributed by atoms with Crippen LogP contribution in [0.4, 0.5) is 0 Å². The largest absolute Gasteiger partial charge is 0.497 e. The van der Waals surface area contributed by atoms with Gasteiger partial charge in [0.2, 0.25) is 5.91 Å². The molecule has 0 radical (unpaired) electrons. The Hall–Kier alpha value is -3.08. The van der Waals surface area contributed by atoms with Gasteiger partial charge in [-0.25, -0.2) is 0 Å². The second-order valence-electron chi connectivity index (χ2n) is 6.25. The Morgan fingerprint density at radius 2 is 1.88 bits per heavy atom. The zero-order valence-corrected chi connectivity index (χ0v) is 14.3. The van der Waals surface area contributed by atoms with Gasteiger partial charge in [-0.05, 0) is 31.2 Å². The zero-order valence-electron chi connectivity index (χ0n) is 14.3. The van der Waals surface area contributed by atoms with Crippen LogP contribution in [0.3, 0.4) is 0 Å². The van der Waals surface area contributed by atoms with Crippen molar-refractivity contribution in [1.82, 2.24) is 9.88 Å². The molecule has 0 bridgehead atoms. The third-order valence-electron chi connectivity index (χ3n) is 4.68. The standard InChI is InChI=1S/C20H18N2O3/c1-11(21-12(2)23)18-16-10-13(25-3)8-9-17(16)22-19(18)14-6-4-5-7-15(14)20(22)24/h4-11H,1-3H3,(H,21,23). The summed E-state index contributed by atoms with van der Waals surface area (Å²) in [6.07, 6.45) is 0. The quantitative estimate of drug-likeness (QED) is 0.624. The van der Waals surface area contributed by atoms with Crippen molar-refractivity contribution in [2.45, 2.75) is 19.9 Å². The van der Waals surface area contributed by atoms with Gasteiger partial charge in [0.25, 0.3) is 5.91 Å². The minimum atomic E-state index is -0.234. The second-order valence-corrected chi connectivity index (χ2v) is 6.25. The average molecular weight is 334 g/mol. The molecule has 25 heavy (non-hydrogen) atoms. The molecular weight excluding hydrogens is 316 g/mol. The lowest BCUT2D eigenvalue weighted by molar-refractivity contribution is -0.119. The Bertz CT molecular complexity index is 1030. The van der Waals surface area contributed by atoms with E-state index in [0.717, 1.165) is 27.7 Å². The van der Waals surface area contributed by atoms with Crippen LogP contribution in [-0.4, -0.2) is 23.5 Å². The van der Waals surface area contributed by atoms with Gasteiger partial charge >= 0.3 is 0 Å². The van der Waals surface area contributed by atoms with Gasteiger partial charge in [-0.3, -0.25) is 14.2 Å². The van der Waals surface area contributed by atoms with Gasteiger partial charge in [0.15, 0.2) is 0 Å². The average Bonchev–Trinajstić information content (AvgIpc) is 3.07. The number of nitrogens with zero attached hydrogens (tertiary/aromatic N) is 1. The molecule has 3 aromatic rings. The van der Waals surface area contributed by atoms with E-state index in [2.05, 4.69) is 5.32 Å². The van der Waals surface area contributed by atoms with Crippen LogP contribution in [0.25, 0.3) is 22.2 Å². The van der Waals surface area contributed by atoms with E-state index in [1.165, 1.54) is 6.92 Å². The fourth-order valence-electron chi connectivity index (χ4n) is 3.71. The van der Waals surface area contributed by atoms with E-state index in [-0.39, 0.29) is 17.9 Å². The van der Waals surface area contributed by atoms with Crippen LogP contribution < -0.4 is 10.1 Å². The topological polar surface area (TPSA) is 60.3 Å². The van der Waals surface area contributed by atoms with Crippen LogP contribution in [0.15, 0.2) is 42.5 Å². The SMILES string of the molecule is COc1ccc2c(c1)c(C(C)NC(C)=O)c1n2C(=O)c2ccccc2-1. The molecule has 2 heterocycles. The summed E-state index contributed by atoms with van der Waals surface area (Å²) >= 11 is 0. The summed E-state index contributed by atoms with van der Waals surface area (Å²) in [5, 5.41) is 3.86. The zero-order chi connectivity index (χ0) is 17.7. The maximum atomic E-state index is 13.0. The molecule has 5 nitrogen and oxygen atoms in total. The Kier molecular flexibility index (Phi) is 3.39. The first-order valence-corrected chi connectivity index (χ1v) is 8.16. The summed E-state index contributed by atoms with van der Waals surface area (Å²) in [6.45, 7) is 3.43. The van der Waals surface area contributed by atoms with Gasteiger partial charge in [-0.1, -0.05) is 18.2 Å². The van der Waals surface area contributed by atoms with E-state index in [1.54, 1.807) is 11.7 Å². The molecule has 1 aliphatic heterocycles. The molecule has 0 fully saturated rings. The van der Waals surface area contributed by atoms with Gasteiger partial charge in [0, 0.05) is 29.0 Å². The summed E-state index contributed by atoms with van der Waals surface area (Å²) in [4.78, 5) is 24.6. The van der Waals surface area contributed by atoms with Crippen molar-refractivity contribution in [1.29, 1.82) is 0 Å². The Balaban J connectivity index is 2.09. The van der Waals surface area contributed by atoms with E-state index in [0.29, 0.717) is 11.3 Å². The molecule has 0 spiro atoms. The summed E-state index contributed by atoms with van der Waals surface area (Å²) in [5.74, 6) is 0.567. The fourth-order valence-corrected chi connectivity index (χ4v) is 3.71. The van der Waals surface area contributed by atoms with Crippen molar-refractivity contribution < 1.29 is 14.3 Å². The molecule has 1 atom stereocenters. The van der Waals surface area contributed by atoms with Gasteiger partial charge in [-0.2, -0.15) is 0 Å². The van der Waals surface area contributed by atoms with Crippen LogP contribution in [0.1, 0.15) is 35.8 Å². The first kappa shape index (κ1) is 15.4. The normalized spacial score (nSPS) is 13.5. The van der Waals surface area contributed by atoms with Crippen molar-refractivity contribution in [3.05, 3.63) is 53.6 Å². The predicted molar refractivity (Wildman–Crippen MR) is 95.9 cm³/mol. The van der Waals surface area contributed by atoms with Crippen molar-refractivity contribution >= 4 is 22.7 Å². The Morgan fingerprint density at radius 3 is 2.56 bits per heavy atom. The highest BCUT2D eigenvalue weighted by molar-refractivity contribution is 6.16. The third-order valence-corrected chi connectivity index (χ3v) is 4.68. The van der Waals surface area contributed by atoms with Gasteiger partial charge < -0.3 is 10.1 Å². The number of rotatable bonds is 3. The number of hydrogen-bond donors (Lipinski definition) is 1. The van der Waals surface area contributed by atoms with E-state index < -0.39 is 0 Å². The maximum absolute atomic E-state index is 13.0. The van der Waals surface area contributed by atoms with Crippen LogP contribution in [0.5, 0.6) is 5.75 Å². The number of benzene rings is 2. The first-order chi connectivity index (χ1) is 12.0. The van der Waals surface area contributed by atoms with Crippen LogP contribution in [0.2, 0.25) is 0 Å². The molecule has 0 saturated heterocycles. The fraction of sp³-hybridized carbons (Fsp3) is 0.200. The summed E-state index contributed by atoms with van der Waals surface area (Å²) in [5.41, 5.74) is 4.19. The lowest BCUT2D eigenvalue weighted by Gasteiger charge is -2.14.